The van der Waals surface area contributed by atoms with Crippen LogP contribution in [0.5, 0.6) is 5.75 Å². The molecular weight excluding hydrogens is 251 g/mol. The first-order valence-corrected chi connectivity index (χ1v) is 6.66. The molecule has 0 aliphatic rings. The molecule has 0 bridgehead atoms. The monoisotopic (exact) mass is 266 g/mol. The van der Waals surface area contributed by atoms with Crippen LogP contribution < -0.4 is 15.8 Å². The second-order valence-corrected chi connectivity index (χ2v) is 4.64. The zero-order valence-corrected chi connectivity index (χ0v) is 10.9. The molecule has 1 aromatic heterocycles. The molecule has 0 radical (unpaired) electrons. The van der Waals surface area contributed by atoms with Crippen molar-refractivity contribution in [1.29, 1.82) is 0 Å². The molecule has 3 nitrogen and oxygen atoms in total. The number of thiophene rings is 1. The van der Waals surface area contributed by atoms with Gasteiger partial charge in [-0.3, -0.25) is 0 Å². The quantitative estimate of drug-likeness (QED) is 0.804. The molecule has 0 aliphatic carbocycles. The van der Waals surface area contributed by atoms with E-state index in [2.05, 4.69) is 5.32 Å². The third-order valence-electron chi connectivity index (χ3n) is 2.37. The van der Waals surface area contributed by atoms with Crippen LogP contribution in [-0.2, 0) is 0 Å². The van der Waals surface area contributed by atoms with E-state index in [0.717, 1.165) is 12.1 Å². The van der Waals surface area contributed by atoms with Crippen molar-refractivity contribution >= 4 is 28.4 Å². The van der Waals surface area contributed by atoms with E-state index in [9.17, 15) is 4.39 Å². The summed E-state index contributed by atoms with van der Waals surface area (Å²) < 4.78 is 18.9. The van der Waals surface area contributed by atoms with Crippen LogP contribution in [0.15, 0.2) is 29.0 Å². The van der Waals surface area contributed by atoms with Crippen molar-refractivity contribution in [2.45, 2.75) is 13.3 Å². The van der Waals surface area contributed by atoms with Crippen molar-refractivity contribution in [3.63, 3.8) is 0 Å². The van der Waals surface area contributed by atoms with Gasteiger partial charge in [-0.15, -0.1) is 0 Å². The van der Waals surface area contributed by atoms with E-state index in [1.165, 1.54) is 6.07 Å². The Morgan fingerprint density at radius 1 is 1.44 bits per heavy atom. The minimum Gasteiger partial charge on any atom is -0.490 e. The minimum absolute atomic E-state index is 0.226. The fourth-order valence-corrected chi connectivity index (χ4v) is 2.08. The molecule has 0 saturated heterocycles. The van der Waals surface area contributed by atoms with Gasteiger partial charge in [-0.2, -0.15) is 11.3 Å². The summed E-state index contributed by atoms with van der Waals surface area (Å²) in [7, 11) is 0. The average molecular weight is 266 g/mol. The van der Waals surface area contributed by atoms with E-state index in [1.807, 2.05) is 23.8 Å². The molecule has 2 aromatic rings. The summed E-state index contributed by atoms with van der Waals surface area (Å²) in [5.41, 5.74) is 7.73. The second kappa shape index (κ2) is 5.73. The lowest BCUT2D eigenvalue weighted by atomic mass is 10.2. The molecule has 0 saturated carbocycles. The number of nitrogens with two attached hydrogens (primary N) is 1. The molecule has 96 valence electrons. The predicted molar refractivity (Wildman–Crippen MR) is 74.2 cm³/mol. The molecule has 0 spiro atoms. The van der Waals surface area contributed by atoms with Crippen LogP contribution in [0.1, 0.15) is 13.3 Å². The van der Waals surface area contributed by atoms with Gasteiger partial charge in [0.15, 0.2) is 11.6 Å². The fourth-order valence-electron chi connectivity index (χ4n) is 1.49. The second-order valence-electron chi connectivity index (χ2n) is 3.86. The maximum Gasteiger partial charge on any atom is 0.167 e. The zero-order valence-electron chi connectivity index (χ0n) is 10.1. The molecule has 18 heavy (non-hydrogen) atoms. The lowest BCUT2D eigenvalue weighted by Crippen LogP contribution is -2.01. The molecule has 1 heterocycles. The molecule has 0 aliphatic heterocycles. The summed E-state index contributed by atoms with van der Waals surface area (Å²) in [6.07, 6.45) is 0.830. The van der Waals surface area contributed by atoms with Crippen LogP contribution in [-0.4, -0.2) is 6.61 Å². The maximum absolute atomic E-state index is 13.6. The summed E-state index contributed by atoms with van der Waals surface area (Å²) in [6, 6.07) is 4.80. The maximum atomic E-state index is 13.6. The van der Waals surface area contributed by atoms with Gasteiger partial charge < -0.3 is 15.8 Å². The predicted octanol–water partition coefficient (Wildman–Crippen LogP) is 4.00. The Kier molecular flexibility index (Phi) is 4.04. The molecule has 0 unspecified atom stereocenters. The molecule has 0 atom stereocenters. The molecule has 5 heteroatoms. The van der Waals surface area contributed by atoms with Crippen molar-refractivity contribution < 1.29 is 9.13 Å². The Bertz CT molecular complexity index is 514. The lowest BCUT2D eigenvalue weighted by Gasteiger charge is -2.12. The first kappa shape index (κ1) is 12.7. The van der Waals surface area contributed by atoms with Gasteiger partial charge in [0.25, 0.3) is 0 Å². The van der Waals surface area contributed by atoms with Crippen LogP contribution in [0.2, 0.25) is 0 Å². The van der Waals surface area contributed by atoms with E-state index >= 15 is 0 Å². The Balaban J connectivity index is 2.23. The van der Waals surface area contributed by atoms with E-state index in [1.54, 1.807) is 17.4 Å². The number of nitrogen functional groups attached to an aromatic ring is 1. The standard InChI is InChI=1S/C13H15FN2OS/c1-2-4-17-13-7-12(11(15)6-10(13)14)16-9-3-5-18-8-9/h3,5-8,16H,2,4,15H2,1H3. The smallest absolute Gasteiger partial charge is 0.167 e. The van der Waals surface area contributed by atoms with Gasteiger partial charge in [-0.1, -0.05) is 6.92 Å². The van der Waals surface area contributed by atoms with Crippen molar-refractivity contribution in [3.05, 3.63) is 34.8 Å². The van der Waals surface area contributed by atoms with Crippen LogP contribution in [0.25, 0.3) is 0 Å². The van der Waals surface area contributed by atoms with Crippen molar-refractivity contribution in [2.24, 2.45) is 0 Å². The number of ether oxygens (including phenoxy) is 1. The number of hydrogen-bond donors (Lipinski definition) is 2. The highest BCUT2D eigenvalue weighted by Gasteiger charge is 2.09. The van der Waals surface area contributed by atoms with Gasteiger partial charge in [0, 0.05) is 23.2 Å². The van der Waals surface area contributed by atoms with Gasteiger partial charge in [0.1, 0.15) is 0 Å². The largest absolute Gasteiger partial charge is 0.490 e. The topological polar surface area (TPSA) is 47.3 Å². The Hall–Kier alpha value is -1.75. The normalized spacial score (nSPS) is 10.3. The number of rotatable bonds is 5. The Morgan fingerprint density at radius 2 is 2.28 bits per heavy atom. The molecular formula is C13H15FN2OS. The van der Waals surface area contributed by atoms with E-state index in [4.69, 9.17) is 10.5 Å². The van der Waals surface area contributed by atoms with E-state index < -0.39 is 5.82 Å². The summed E-state index contributed by atoms with van der Waals surface area (Å²) in [4.78, 5) is 0. The average Bonchev–Trinajstić information content (AvgIpc) is 2.84. The number of benzene rings is 1. The van der Waals surface area contributed by atoms with Crippen LogP contribution in [0.3, 0.4) is 0 Å². The molecule has 2 rings (SSSR count). The SMILES string of the molecule is CCCOc1cc(Nc2ccsc2)c(N)cc1F. The van der Waals surface area contributed by atoms with Crippen molar-refractivity contribution in [3.8, 4) is 5.75 Å². The highest BCUT2D eigenvalue weighted by molar-refractivity contribution is 7.08. The van der Waals surface area contributed by atoms with E-state index in [-0.39, 0.29) is 5.75 Å². The van der Waals surface area contributed by atoms with E-state index in [0.29, 0.717) is 18.0 Å². The molecule has 3 N–H and O–H groups in total. The fraction of sp³-hybridized carbons (Fsp3) is 0.231. The van der Waals surface area contributed by atoms with Gasteiger partial charge in [-0.25, -0.2) is 4.39 Å². The van der Waals surface area contributed by atoms with Crippen LogP contribution in [0.4, 0.5) is 21.5 Å². The first-order valence-electron chi connectivity index (χ1n) is 5.71. The molecule has 1 aromatic carbocycles. The molecule has 0 amide bonds. The third-order valence-corrected chi connectivity index (χ3v) is 3.05. The first-order chi connectivity index (χ1) is 8.70. The van der Waals surface area contributed by atoms with Gasteiger partial charge >= 0.3 is 0 Å². The Morgan fingerprint density at radius 3 is 2.94 bits per heavy atom. The van der Waals surface area contributed by atoms with Gasteiger partial charge in [0.2, 0.25) is 0 Å². The number of nitrogens with one attached hydrogen (secondary N) is 1. The number of hydrogen-bond acceptors (Lipinski definition) is 4. The summed E-state index contributed by atoms with van der Waals surface area (Å²) in [5, 5.41) is 7.04. The van der Waals surface area contributed by atoms with Crippen molar-refractivity contribution in [1.82, 2.24) is 0 Å². The highest BCUT2D eigenvalue weighted by Crippen LogP contribution is 2.31. The summed E-state index contributed by atoms with van der Waals surface area (Å²) in [5.74, 6) is -0.208. The van der Waals surface area contributed by atoms with Crippen molar-refractivity contribution in [2.75, 3.05) is 17.7 Å². The summed E-state index contributed by atoms with van der Waals surface area (Å²) in [6.45, 7) is 2.46. The summed E-state index contributed by atoms with van der Waals surface area (Å²) >= 11 is 1.58. The third kappa shape index (κ3) is 2.92. The van der Waals surface area contributed by atoms with Gasteiger partial charge in [0.05, 0.1) is 18.0 Å². The highest BCUT2D eigenvalue weighted by atomic mass is 32.1. The van der Waals surface area contributed by atoms with Crippen LogP contribution >= 0.6 is 11.3 Å². The lowest BCUT2D eigenvalue weighted by molar-refractivity contribution is 0.301. The zero-order chi connectivity index (χ0) is 13.0. The molecule has 0 fully saturated rings. The Labute approximate surface area is 109 Å². The minimum atomic E-state index is -0.434. The van der Waals surface area contributed by atoms with Crippen LogP contribution in [0, 0.1) is 5.82 Å². The number of halogens is 1. The van der Waals surface area contributed by atoms with Gasteiger partial charge in [-0.05, 0) is 17.9 Å². The number of anilines is 3.